The van der Waals surface area contributed by atoms with Crippen molar-refractivity contribution in [3.8, 4) is 0 Å². The average Bonchev–Trinajstić information content (AvgIpc) is 2.68. The maximum Gasteiger partial charge on any atom is 0.335 e. The second-order valence-corrected chi connectivity index (χ2v) is 6.94. The van der Waals surface area contributed by atoms with Gasteiger partial charge < -0.3 is 0 Å². The lowest BCUT2D eigenvalue weighted by Crippen LogP contribution is -2.54. The van der Waals surface area contributed by atoms with Crippen LogP contribution in [-0.4, -0.2) is 17.8 Å². The first-order valence-electron chi connectivity index (χ1n) is 8.30. The molecule has 0 bridgehead atoms. The van der Waals surface area contributed by atoms with Crippen molar-refractivity contribution in [1.29, 1.82) is 0 Å². The molecule has 4 rings (SSSR count). The molecule has 1 saturated heterocycles. The molecule has 0 unspecified atom stereocenters. The molecule has 1 fully saturated rings. The Balaban J connectivity index is 1.81. The molecule has 0 aliphatic carbocycles. The molecule has 1 aliphatic rings. The maximum absolute atomic E-state index is 13.0. The number of carbonyl (C=O) groups excluding carboxylic acids is 3. The number of fused-ring (bicyclic) bond motifs is 1. The summed E-state index contributed by atoms with van der Waals surface area (Å²) in [6, 6.07) is 16.7. The van der Waals surface area contributed by atoms with Crippen LogP contribution in [0.4, 0.5) is 10.5 Å². The summed E-state index contributed by atoms with van der Waals surface area (Å²) in [5.74, 6) is -1.49. The predicted octanol–water partition coefficient (Wildman–Crippen LogP) is 4.81. The van der Waals surface area contributed by atoms with E-state index in [9.17, 15) is 14.4 Å². The minimum absolute atomic E-state index is 0.151. The highest BCUT2D eigenvalue weighted by molar-refractivity contribution is 6.43. The van der Waals surface area contributed by atoms with Crippen LogP contribution in [0.5, 0.6) is 0 Å². The van der Waals surface area contributed by atoms with Crippen molar-refractivity contribution >= 4 is 63.6 Å². The van der Waals surface area contributed by atoms with E-state index in [-0.39, 0.29) is 21.3 Å². The standard InChI is InChI=1S/C21H12Cl2N2O3/c22-17-9-8-14(11-18(17)23)25-20(27)16(19(26)24-21(25)28)10-13-6-3-5-12-4-1-2-7-15(12)13/h1-11H,(H,24,26,28)/b16-10+. The van der Waals surface area contributed by atoms with Crippen LogP contribution < -0.4 is 10.2 Å². The molecule has 4 amide bonds. The number of hydrogen-bond acceptors (Lipinski definition) is 3. The van der Waals surface area contributed by atoms with E-state index in [4.69, 9.17) is 23.2 Å². The molecule has 7 heteroatoms. The number of nitrogens with one attached hydrogen (secondary N) is 1. The molecule has 0 spiro atoms. The minimum atomic E-state index is -0.844. The first-order chi connectivity index (χ1) is 13.5. The Morgan fingerprint density at radius 2 is 1.61 bits per heavy atom. The van der Waals surface area contributed by atoms with E-state index in [0.29, 0.717) is 5.56 Å². The first-order valence-corrected chi connectivity index (χ1v) is 9.05. The number of nitrogens with zero attached hydrogens (tertiary/aromatic N) is 1. The number of halogens is 2. The van der Waals surface area contributed by atoms with Crippen LogP contribution in [0.1, 0.15) is 5.56 Å². The summed E-state index contributed by atoms with van der Waals surface area (Å²) in [6.07, 6.45) is 1.48. The number of carbonyl (C=O) groups is 3. The Labute approximate surface area is 170 Å². The zero-order chi connectivity index (χ0) is 19.8. The van der Waals surface area contributed by atoms with Crippen molar-refractivity contribution in [3.63, 3.8) is 0 Å². The molecule has 3 aromatic rings. The molecule has 28 heavy (non-hydrogen) atoms. The van der Waals surface area contributed by atoms with E-state index < -0.39 is 17.8 Å². The lowest BCUT2D eigenvalue weighted by molar-refractivity contribution is -0.122. The Kier molecular flexibility index (Phi) is 4.63. The van der Waals surface area contributed by atoms with Crippen LogP contribution >= 0.6 is 23.2 Å². The molecular formula is C21H12Cl2N2O3. The molecule has 0 atom stereocenters. The molecule has 138 valence electrons. The van der Waals surface area contributed by atoms with Crippen molar-refractivity contribution in [2.45, 2.75) is 0 Å². The number of barbiturate groups is 1. The lowest BCUT2D eigenvalue weighted by Gasteiger charge is -2.26. The largest absolute Gasteiger partial charge is 0.335 e. The molecule has 3 aromatic carbocycles. The van der Waals surface area contributed by atoms with Crippen LogP contribution in [0.3, 0.4) is 0 Å². The van der Waals surface area contributed by atoms with E-state index >= 15 is 0 Å². The highest BCUT2D eigenvalue weighted by Gasteiger charge is 2.37. The minimum Gasteiger partial charge on any atom is -0.273 e. The van der Waals surface area contributed by atoms with Crippen LogP contribution in [0, 0.1) is 0 Å². The molecule has 0 saturated carbocycles. The third kappa shape index (κ3) is 3.15. The molecule has 1 aliphatic heterocycles. The Bertz CT molecular complexity index is 1180. The Hall–Kier alpha value is -3.15. The lowest BCUT2D eigenvalue weighted by atomic mass is 10.0. The molecule has 5 nitrogen and oxygen atoms in total. The summed E-state index contributed by atoms with van der Waals surface area (Å²) in [7, 11) is 0. The second kappa shape index (κ2) is 7.11. The summed E-state index contributed by atoms with van der Waals surface area (Å²) in [5.41, 5.74) is 0.760. The highest BCUT2D eigenvalue weighted by atomic mass is 35.5. The van der Waals surface area contributed by atoms with Gasteiger partial charge in [0.15, 0.2) is 0 Å². The average molecular weight is 411 g/mol. The van der Waals surface area contributed by atoms with E-state index in [1.54, 1.807) is 6.07 Å². The van der Waals surface area contributed by atoms with E-state index in [0.717, 1.165) is 15.7 Å². The van der Waals surface area contributed by atoms with Gasteiger partial charge in [-0.2, -0.15) is 0 Å². The summed E-state index contributed by atoms with van der Waals surface area (Å²) in [4.78, 5) is 38.5. The van der Waals surface area contributed by atoms with Crippen molar-refractivity contribution < 1.29 is 14.4 Å². The molecule has 0 aromatic heterocycles. The number of urea groups is 1. The zero-order valence-electron chi connectivity index (χ0n) is 14.3. The van der Waals surface area contributed by atoms with Crippen LogP contribution in [0.2, 0.25) is 10.0 Å². The summed E-state index contributed by atoms with van der Waals surface area (Å²) in [6.45, 7) is 0. The fourth-order valence-corrected chi connectivity index (χ4v) is 3.34. The van der Waals surface area contributed by atoms with Gasteiger partial charge >= 0.3 is 6.03 Å². The van der Waals surface area contributed by atoms with Crippen molar-refractivity contribution in [2.24, 2.45) is 0 Å². The van der Waals surface area contributed by atoms with Crippen molar-refractivity contribution in [3.05, 3.63) is 81.8 Å². The number of amides is 4. The normalized spacial score (nSPS) is 16.0. The van der Waals surface area contributed by atoms with E-state index in [1.807, 2.05) is 36.4 Å². The monoisotopic (exact) mass is 410 g/mol. The van der Waals surface area contributed by atoms with Crippen LogP contribution in [-0.2, 0) is 9.59 Å². The number of imide groups is 2. The number of benzene rings is 3. The van der Waals surface area contributed by atoms with Crippen molar-refractivity contribution in [1.82, 2.24) is 5.32 Å². The fourth-order valence-electron chi connectivity index (χ4n) is 3.05. The third-order valence-corrected chi connectivity index (χ3v) is 5.13. The number of anilines is 1. The smallest absolute Gasteiger partial charge is 0.273 e. The van der Waals surface area contributed by atoms with Gasteiger partial charge in [-0.1, -0.05) is 65.7 Å². The quantitative estimate of drug-likeness (QED) is 0.486. The van der Waals surface area contributed by atoms with Gasteiger partial charge in [0.05, 0.1) is 15.7 Å². The Morgan fingerprint density at radius 3 is 2.39 bits per heavy atom. The number of hydrogen-bond donors (Lipinski definition) is 1. The van der Waals surface area contributed by atoms with Gasteiger partial charge in [-0.3, -0.25) is 14.9 Å². The molecular weight excluding hydrogens is 399 g/mol. The van der Waals surface area contributed by atoms with Gasteiger partial charge in [0, 0.05) is 0 Å². The van der Waals surface area contributed by atoms with Gasteiger partial charge in [0.2, 0.25) is 0 Å². The summed E-state index contributed by atoms with van der Waals surface area (Å²) in [5, 5.41) is 4.53. The van der Waals surface area contributed by atoms with E-state index in [2.05, 4.69) is 5.32 Å². The van der Waals surface area contributed by atoms with Crippen molar-refractivity contribution in [2.75, 3.05) is 4.90 Å². The molecule has 1 N–H and O–H groups in total. The van der Waals surface area contributed by atoms with Crippen LogP contribution in [0.25, 0.3) is 16.8 Å². The molecule has 0 radical (unpaired) electrons. The SMILES string of the molecule is O=C1NC(=O)N(c2ccc(Cl)c(Cl)c2)C(=O)/C1=C/c1cccc2ccccc12. The van der Waals surface area contributed by atoms with Gasteiger partial charge in [-0.15, -0.1) is 0 Å². The van der Waals surface area contributed by atoms with Gasteiger partial charge in [0.25, 0.3) is 11.8 Å². The highest BCUT2D eigenvalue weighted by Crippen LogP contribution is 2.30. The van der Waals surface area contributed by atoms with Crippen LogP contribution in [0.15, 0.2) is 66.2 Å². The van der Waals surface area contributed by atoms with Gasteiger partial charge in [-0.25, -0.2) is 9.69 Å². The topological polar surface area (TPSA) is 66.5 Å². The maximum atomic E-state index is 13.0. The van der Waals surface area contributed by atoms with E-state index in [1.165, 1.54) is 24.3 Å². The second-order valence-electron chi connectivity index (χ2n) is 6.12. The molecule has 1 heterocycles. The Morgan fingerprint density at radius 1 is 0.857 bits per heavy atom. The zero-order valence-corrected chi connectivity index (χ0v) is 15.8. The van der Waals surface area contributed by atoms with Gasteiger partial charge in [-0.05, 0) is 40.6 Å². The van der Waals surface area contributed by atoms with Gasteiger partial charge in [0.1, 0.15) is 5.57 Å². The first kappa shape index (κ1) is 18.2. The number of rotatable bonds is 2. The summed E-state index contributed by atoms with van der Waals surface area (Å²) >= 11 is 11.9. The summed E-state index contributed by atoms with van der Waals surface area (Å²) < 4.78 is 0. The predicted molar refractivity (Wildman–Crippen MR) is 109 cm³/mol. The third-order valence-electron chi connectivity index (χ3n) is 4.39. The fraction of sp³-hybridized carbons (Fsp3) is 0.